The minimum absolute atomic E-state index is 1.18. The Morgan fingerprint density at radius 1 is 0.306 bits per heavy atom. The molecule has 0 atom stereocenters. The molecule has 0 N–H and O–H groups in total. The lowest BCUT2D eigenvalue weighted by Crippen LogP contribution is -1.94. The maximum atomic E-state index is 2.46. The molecule has 8 aromatic carbocycles. The van der Waals surface area contributed by atoms with E-state index in [0.717, 1.165) is 0 Å². The van der Waals surface area contributed by atoms with Crippen LogP contribution >= 0.6 is 11.3 Å². The van der Waals surface area contributed by atoms with Crippen molar-refractivity contribution in [2.24, 2.45) is 0 Å². The van der Waals surface area contributed by atoms with Crippen LogP contribution in [-0.2, 0) is 0 Å². The zero-order chi connectivity index (χ0) is 32.1. The van der Waals surface area contributed by atoms with Crippen molar-refractivity contribution in [1.29, 1.82) is 0 Å². The van der Waals surface area contributed by atoms with Gasteiger partial charge in [0, 0.05) is 53.1 Å². The van der Waals surface area contributed by atoms with Crippen molar-refractivity contribution >= 4 is 85.9 Å². The third kappa shape index (κ3) is 3.94. The molecule has 0 fully saturated rings. The maximum Gasteiger partial charge on any atom is 0.0548 e. The van der Waals surface area contributed by atoms with E-state index in [-0.39, 0.29) is 0 Å². The topological polar surface area (TPSA) is 9.86 Å². The second-order valence-corrected chi connectivity index (χ2v) is 14.1. The summed E-state index contributed by atoms with van der Waals surface area (Å²) >= 11 is 1.88. The largest absolute Gasteiger partial charge is 0.309 e. The van der Waals surface area contributed by atoms with Gasteiger partial charge in [-0.15, -0.1) is 11.3 Å². The van der Waals surface area contributed by atoms with Crippen molar-refractivity contribution in [3.05, 3.63) is 170 Å². The van der Waals surface area contributed by atoms with Crippen LogP contribution in [0.1, 0.15) is 0 Å². The van der Waals surface area contributed by atoms with Gasteiger partial charge in [-0.2, -0.15) is 0 Å². The van der Waals surface area contributed by atoms with Crippen molar-refractivity contribution in [3.8, 4) is 22.5 Å². The van der Waals surface area contributed by atoms with E-state index in [1.807, 2.05) is 11.3 Å². The summed E-state index contributed by atoms with van der Waals surface area (Å²) in [5.41, 5.74) is 9.70. The van der Waals surface area contributed by atoms with Crippen molar-refractivity contribution in [3.63, 3.8) is 0 Å². The van der Waals surface area contributed by atoms with Crippen LogP contribution in [0.2, 0.25) is 0 Å². The summed E-state index contributed by atoms with van der Waals surface area (Å²) in [6, 6.07) is 62.5. The molecule has 3 heteroatoms. The summed E-state index contributed by atoms with van der Waals surface area (Å²) < 4.78 is 7.50. The molecule has 49 heavy (non-hydrogen) atoms. The second-order valence-electron chi connectivity index (χ2n) is 13.0. The number of hydrogen-bond donors (Lipinski definition) is 0. The van der Waals surface area contributed by atoms with Crippen LogP contribution < -0.4 is 0 Å². The van der Waals surface area contributed by atoms with Crippen molar-refractivity contribution in [2.75, 3.05) is 0 Å². The monoisotopic (exact) mass is 640 g/mol. The Labute approximate surface area is 286 Å². The van der Waals surface area contributed by atoms with Gasteiger partial charge in [-0.25, -0.2) is 0 Å². The van der Waals surface area contributed by atoms with Crippen LogP contribution in [0.4, 0.5) is 0 Å². The fourth-order valence-corrected chi connectivity index (χ4v) is 9.15. The molecule has 0 radical (unpaired) electrons. The Morgan fingerprint density at radius 2 is 0.918 bits per heavy atom. The zero-order valence-corrected chi connectivity index (χ0v) is 27.3. The fourth-order valence-electron chi connectivity index (χ4n) is 8.02. The standard InChI is InChI=1S/C46H28N2S/c1-2-12-33(13-3-1)47-41-16-8-6-14-35(41)37-25-31(19-22-42(37)47)32-20-23-43-38(26-32)39-28-46-40(36-15-7-9-17-45(36)49-46)27-44(39)48(43)34-21-18-29-10-4-5-11-30(29)24-34/h1-28H. The molecular formula is C46H28N2S. The van der Waals surface area contributed by atoms with Gasteiger partial charge >= 0.3 is 0 Å². The molecular weight excluding hydrogens is 613 g/mol. The number of nitrogens with zero attached hydrogens (tertiary/aromatic N) is 2. The van der Waals surface area contributed by atoms with Gasteiger partial charge in [0.05, 0.1) is 22.1 Å². The highest BCUT2D eigenvalue weighted by molar-refractivity contribution is 7.25. The highest BCUT2D eigenvalue weighted by Gasteiger charge is 2.18. The van der Waals surface area contributed by atoms with Crippen LogP contribution in [0.3, 0.4) is 0 Å². The molecule has 3 heterocycles. The van der Waals surface area contributed by atoms with Crippen LogP contribution in [0.25, 0.3) is 97.1 Å². The van der Waals surface area contributed by atoms with Gasteiger partial charge in [-0.1, -0.05) is 97.1 Å². The lowest BCUT2D eigenvalue weighted by atomic mass is 10.0. The molecule has 0 saturated carbocycles. The molecule has 0 spiro atoms. The minimum atomic E-state index is 1.18. The van der Waals surface area contributed by atoms with E-state index in [1.165, 1.54) is 97.1 Å². The van der Waals surface area contributed by atoms with Gasteiger partial charge in [0.25, 0.3) is 0 Å². The first-order valence-corrected chi connectivity index (χ1v) is 17.6. The lowest BCUT2D eigenvalue weighted by molar-refractivity contribution is 1.18. The minimum Gasteiger partial charge on any atom is -0.309 e. The first kappa shape index (κ1) is 26.9. The maximum absolute atomic E-state index is 2.46. The van der Waals surface area contributed by atoms with E-state index in [2.05, 4.69) is 179 Å². The Morgan fingerprint density at radius 3 is 1.73 bits per heavy atom. The molecule has 0 amide bonds. The van der Waals surface area contributed by atoms with E-state index in [9.17, 15) is 0 Å². The second kappa shape index (κ2) is 10.2. The molecule has 2 nitrogen and oxygen atoms in total. The van der Waals surface area contributed by atoms with Crippen LogP contribution in [0.5, 0.6) is 0 Å². The molecule has 0 unspecified atom stereocenters. The summed E-state index contributed by atoms with van der Waals surface area (Å²) in [7, 11) is 0. The van der Waals surface area contributed by atoms with E-state index >= 15 is 0 Å². The molecule has 0 aliphatic carbocycles. The van der Waals surface area contributed by atoms with Crippen LogP contribution in [0.15, 0.2) is 170 Å². The van der Waals surface area contributed by atoms with Gasteiger partial charge < -0.3 is 9.13 Å². The van der Waals surface area contributed by atoms with Gasteiger partial charge in [-0.3, -0.25) is 0 Å². The molecule has 0 aliphatic heterocycles. The number of para-hydroxylation sites is 2. The molecule has 3 aromatic heterocycles. The number of benzene rings is 8. The molecule has 228 valence electrons. The highest BCUT2D eigenvalue weighted by Crippen LogP contribution is 2.42. The average molecular weight is 641 g/mol. The summed E-state index contributed by atoms with van der Waals surface area (Å²) in [5.74, 6) is 0. The quantitative estimate of drug-likeness (QED) is 0.182. The normalized spacial score (nSPS) is 12.1. The van der Waals surface area contributed by atoms with E-state index in [0.29, 0.717) is 0 Å². The van der Waals surface area contributed by atoms with E-state index in [1.54, 1.807) is 0 Å². The summed E-state index contributed by atoms with van der Waals surface area (Å²) in [4.78, 5) is 0. The highest BCUT2D eigenvalue weighted by atomic mass is 32.1. The molecule has 11 rings (SSSR count). The Bertz CT molecular complexity index is 3100. The third-order valence-electron chi connectivity index (χ3n) is 10.3. The SMILES string of the molecule is c1ccc(-n2c3ccccc3c3cc(-c4ccc5c(c4)c4cc6sc7ccccc7c6cc4n5-c4ccc5ccccc5c4)ccc32)cc1. The number of aromatic nitrogens is 2. The Balaban J connectivity index is 1.17. The Hall–Kier alpha value is -6.16. The predicted molar refractivity (Wildman–Crippen MR) is 211 cm³/mol. The van der Waals surface area contributed by atoms with E-state index in [4.69, 9.17) is 0 Å². The molecule has 0 saturated heterocycles. The molecule has 0 aliphatic rings. The number of hydrogen-bond acceptors (Lipinski definition) is 1. The van der Waals surface area contributed by atoms with Crippen molar-refractivity contribution in [2.45, 2.75) is 0 Å². The summed E-state index contributed by atoms with van der Waals surface area (Å²) in [5, 5.41) is 10.2. The Kier molecular flexibility index (Phi) is 5.57. The average Bonchev–Trinajstić information content (AvgIpc) is 3.80. The van der Waals surface area contributed by atoms with Crippen LogP contribution in [0, 0.1) is 0 Å². The first-order valence-electron chi connectivity index (χ1n) is 16.8. The van der Waals surface area contributed by atoms with Gasteiger partial charge in [0.15, 0.2) is 0 Å². The van der Waals surface area contributed by atoms with Gasteiger partial charge in [-0.05, 0) is 94.7 Å². The third-order valence-corrected chi connectivity index (χ3v) is 11.4. The fraction of sp³-hybridized carbons (Fsp3) is 0. The smallest absolute Gasteiger partial charge is 0.0548 e. The molecule has 0 bridgehead atoms. The predicted octanol–water partition coefficient (Wildman–Crippen LogP) is 13.1. The van der Waals surface area contributed by atoms with Crippen molar-refractivity contribution < 1.29 is 0 Å². The zero-order valence-electron chi connectivity index (χ0n) is 26.5. The van der Waals surface area contributed by atoms with Crippen molar-refractivity contribution in [1.82, 2.24) is 9.13 Å². The number of fused-ring (bicyclic) bond motifs is 10. The van der Waals surface area contributed by atoms with Crippen LogP contribution in [-0.4, -0.2) is 9.13 Å². The summed E-state index contributed by atoms with van der Waals surface area (Å²) in [6.45, 7) is 0. The number of thiophene rings is 1. The van der Waals surface area contributed by atoms with E-state index < -0.39 is 0 Å². The first-order chi connectivity index (χ1) is 24.3. The van der Waals surface area contributed by atoms with Gasteiger partial charge in [0.2, 0.25) is 0 Å². The van der Waals surface area contributed by atoms with Gasteiger partial charge in [0.1, 0.15) is 0 Å². The number of rotatable bonds is 3. The lowest BCUT2D eigenvalue weighted by Gasteiger charge is -2.10. The molecule has 11 aromatic rings. The summed E-state index contributed by atoms with van der Waals surface area (Å²) in [6.07, 6.45) is 0.